The normalized spacial score (nSPS) is 15.3. The molecule has 0 spiro atoms. The monoisotopic (exact) mass is 319 g/mol. The lowest BCUT2D eigenvalue weighted by molar-refractivity contribution is -0.120. The number of ether oxygens (including phenoxy) is 1. The van der Waals surface area contributed by atoms with Crippen molar-refractivity contribution in [1.82, 2.24) is 15.5 Å². The smallest absolute Gasteiger partial charge is 0.234 e. The van der Waals surface area contributed by atoms with E-state index in [0.717, 1.165) is 19.5 Å². The Kier molecular flexibility index (Phi) is 6.57. The molecule has 1 aromatic carbocycles. The fourth-order valence-electron chi connectivity index (χ4n) is 2.88. The molecule has 1 aromatic rings. The summed E-state index contributed by atoms with van der Waals surface area (Å²) in [4.78, 5) is 14.4. The lowest BCUT2D eigenvalue weighted by Crippen LogP contribution is -2.54. The molecular weight excluding hydrogens is 290 g/mol. The first-order valence-electron chi connectivity index (χ1n) is 8.31. The van der Waals surface area contributed by atoms with Gasteiger partial charge in [-0.3, -0.25) is 9.69 Å². The minimum atomic E-state index is -0.0598. The summed E-state index contributed by atoms with van der Waals surface area (Å²) in [6.45, 7) is 8.67. The zero-order chi connectivity index (χ0) is 16.7. The van der Waals surface area contributed by atoms with Crippen LogP contribution in [0, 0.1) is 0 Å². The SMILES string of the molecule is COCCNCC(=O)NCC(C)(C)N1CCc2ccccc2C1. The molecule has 0 radical (unpaired) electrons. The molecule has 0 saturated carbocycles. The third kappa shape index (κ3) is 5.30. The third-order valence-electron chi connectivity index (χ3n) is 4.47. The van der Waals surface area contributed by atoms with Gasteiger partial charge >= 0.3 is 0 Å². The largest absolute Gasteiger partial charge is 0.383 e. The Morgan fingerprint density at radius 2 is 2.04 bits per heavy atom. The van der Waals surface area contributed by atoms with Crippen LogP contribution >= 0.6 is 0 Å². The van der Waals surface area contributed by atoms with E-state index in [-0.39, 0.29) is 11.4 Å². The van der Waals surface area contributed by atoms with Crippen LogP contribution in [0.2, 0.25) is 0 Å². The summed E-state index contributed by atoms with van der Waals surface area (Å²) in [7, 11) is 1.65. The summed E-state index contributed by atoms with van der Waals surface area (Å²) < 4.78 is 4.95. The van der Waals surface area contributed by atoms with Crippen molar-refractivity contribution in [3.05, 3.63) is 35.4 Å². The number of carbonyl (C=O) groups is 1. The Hall–Kier alpha value is -1.43. The fraction of sp³-hybridized carbons (Fsp3) is 0.611. The maximum Gasteiger partial charge on any atom is 0.234 e. The van der Waals surface area contributed by atoms with Crippen molar-refractivity contribution in [2.45, 2.75) is 32.4 Å². The van der Waals surface area contributed by atoms with E-state index in [2.05, 4.69) is 53.6 Å². The lowest BCUT2D eigenvalue weighted by Gasteiger charge is -2.41. The van der Waals surface area contributed by atoms with Crippen molar-refractivity contribution >= 4 is 5.91 Å². The van der Waals surface area contributed by atoms with Gasteiger partial charge in [-0.05, 0) is 31.4 Å². The molecule has 2 rings (SSSR count). The van der Waals surface area contributed by atoms with Crippen molar-refractivity contribution in [1.29, 1.82) is 0 Å². The summed E-state index contributed by atoms with van der Waals surface area (Å²) in [5, 5.41) is 6.10. The Bertz CT molecular complexity index is 517. The molecule has 1 aliphatic heterocycles. The summed E-state index contributed by atoms with van der Waals surface area (Å²) >= 11 is 0. The van der Waals surface area contributed by atoms with Crippen molar-refractivity contribution in [2.75, 3.05) is 39.9 Å². The van der Waals surface area contributed by atoms with E-state index in [1.807, 2.05) is 0 Å². The first-order valence-corrected chi connectivity index (χ1v) is 8.31. The highest BCUT2D eigenvalue weighted by Crippen LogP contribution is 2.24. The molecule has 5 nitrogen and oxygen atoms in total. The van der Waals surface area contributed by atoms with Crippen molar-refractivity contribution < 1.29 is 9.53 Å². The quantitative estimate of drug-likeness (QED) is 0.707. The molecule has 0 bridgehead atoms. The third-order valence-corrected chi connectivity index (χ3v) is 4.47. The van der Waals surface area contributed by atoms with Gasteiger partial charge < -0.3 is 15.4 Å². The van der Waals surface area contributed by atoms with Crippen LogP contribution in [0.1, 0.15) is 25.0 Å². The number of methoxy groups -OCH3 is 1. The predicted octanol–water partition coefficient (Wildman–Crippen LogP) is 1.18. The van der Waals surface area contributed by atoms with Gasteiger partial charge in [0, 0.05) is 38.8 Å². The molecule has 128 valence electrons. The number of fused-ring (bicyclic) bond motifs is 1. The Balaban J connectivity index is 1.79. The van der Waals surface area contributed by atoms with Crippen LogP contribution in [0.5, 0.6) is 0 Å². The number of hydrogen-bond acceptors (Lipinski definition) is 4. The minimum absolute atomic E-state index is 0.0339. The highest BCUT2D eigenvalue weighted by molar-refractivity contribution is 5.78. The van der Waals surface area contributed by atoms with Gasteiger partial charge in [0.1, 0.15) is 0 Å². The molecule has 0 aliphatic carbocycles. The van der Waals surface area contributed by atoms with Gasteiger partial charge in [0.2, 0.25) is 5.91 Å². The maximum atomic E-state index is 11.9. The molecule has 0 fully saturated rings. The van der Waals surface area contributed by atoms with Crippen molar-refractivity contribution in [3.8, 4) is 0 Å². The van der Waals surface area contributed by atoms with Gasteiger partial charge in [0.15, 0.2) is 0 Å². The van der Waals surface area contributed by atoms with E-state index in [0.29, 0.717) is 26.2 Å². The first kappa shape index (κ1) is 17.9. The fourth-order valence-corrected chi connectivity index (χ4v) is 2.88. The number of nitrogens with zero attached hydrogens (tertiary/aromatic N) is 1. The van der Waals surface area contributed by atoms with Crippen LogP contribution in [0.3, 0.4) is 0 Å². The molecule has 1 amide bonds. The molecular formula is C18H29N3O2. The Labute approximate surface area is 139 Å². The van der Waals surface area contributed by atoms with Gasteiger partial charge in [-0.15, -0.1) is 0 Å². The zero-order valence-corrected chi connectivity index (χ0v) is 14.5. The number of carbonyl (C=O) groups excluding carboxylic acids is 1. The minimum Gasteiger partial charge on any atom is -0.383 e. The standard InChI is InChI=1S/C18H29N3O2/c1-18(2,14-20-17(22)12-19-9-11-23-3)21-10-8-15-6-4-5-7-16(15)13-21/h4-7,19H,8-14H2,1-3H3,(H,20,22). The summed E-state index contributed by atoms with van der Waals surface area (Å²) in [5.41, 5.74) is 2.79. The second-order valence-corrected chi connectivity index (χ2v) is 6.70. The number of nitrogens with one attached hydrogen (secondary N) is 2. The number of benzene rings is 1. The highest BCUT2D eigenvalue weighted by atomic mass is 16.5. The molecule has 23 heavy (non-hydrogen) atoms. The van der Waals surface area contributed by atoms with Gasteiger partial charge in [0.25, 0.3) is 0 Å². The van der Waals surface area contributed by atoms with E-state index in [1.54, 1.807) is 7.11 Å². The average Bonchev–Trinajstić information content (AvgIpc) is 2.56. The number of hydrogen-bond donors (Lipinski definition) is 2. The Morgan fingerprint density at radius 3 is 2.78 bits per heavy atom. The molecule has 5 heteroatoms. The first-order chi connectivity index (χ1) is 11.0. The van der Waals surface area contributed by atoms with Crippen LogP contribution in [0.25, 0.3) is 0 Å². The van der Waals surface area contributed by atoms with E-state index in [1.165, 1.54) is 11.1 Å². The number of amides is 1. The van der Waals surface area contributed by atoms with E-state index >= 15 is 0 Å². The molecule has 1 heterocycles. The summed E-state index contributed by atoms with van der Waals surface area (Å²) in [6, 6.07) is 8.63. The van der Waals surface area contributed by atoms with Crippen LogP contribution in [-0.4, -0.2) is 56.2 Å². The second kappa shape index (κ2) is 8.43. The zero-order valence-electron chi connectivity index (χ0n) is 14.5. The van der Waals surface area contributed by atoms with Gasteiger partial charge in [0.05, 0.1) is 13.2 Å². The van der Waals surface area contributed by atoms with Gasteiger partial charge in [-0.2, -0.15) is 0 Å². The van der Waals surface area contributed by atoms with Gasteiger partial charge in [-0.1, -0.05) is 24.3 Å². The Morgan fingerprint density at radius 1 is 1.30 bits per heavy atom. The highest BCUT2D eigenvalue weighted by Gasteiger charge is 2.29. The molecule has 1 aliphatic rings. The molecule has 0 saturated heterocycles. The molecule has 0 unspecified atom stereocenters. The van der Waals surface area contributed by atoms with E-state index in [4.69, 9.17) is 4.74 Å². The van der Waals surface area contributed by atoms with Crippen LogP contribution < -0.4 is 10.6 Å². The van der Waals surface area contributed by atoms with E-state index in [9.17, 15) is 4.79 Å². The average molecular weight is 319 g/mol. The van der Waals surface area contributed by atoms with Crippen LogP contribution in [-0.2, 0) is 22.5 Å². The summed E-state index contributed by atoms with van der Waals surface area (Å²) in [5.74, 6) is 0.0339. The molecule has 0 atom stereocenters. The van der Waals surface area contributed by atoms with Gasteiger partial charge in [-0.25, -0.2) is 0 Å². The maximum absolute atomic E-state index is 11.9. The topological polar surface area (TPSA) is 53.6 Å². The lowest BCUT2D eigenvalue weighted by atomic mass is 9.94. The van der Waals surface area contributed by atoms with E-state index < -0.39 is 0 Å². The van der Waals surface area contributed by atoms with Crippen molar-refractivity contribution in [3.63, 3.8) is 0 Å². The molecule has 2 N–H and O–H groups in total. The second-order valence-electron chi connectivity index (χ2n) is 6.70. The van der Waals surface area contributed by atoms with Crippen LogP contribution in [0.4, 0.5) is 0 Å². The van der Waals surface area contributed by atoms with Crippen LogP contribution in [0.15, 0.2) is 24.3 Å². The van der Waals surface area contributed by atoms with Crippen molar-refractivity contribution in [2.24, 2.45) is 0 Å². The number of rotatable bonds is 8. The predicted molar refractivity (Wildman–Crippen MR) is 92.4 cm³/mol. The molecule has 0 aromatic heterocycles. The summed E-state index contributed by atoms with van der Waals surface area (Å²) in [6.07, 6.45) is 1.08.